The van der Waals surface area contributed by atoms with E-state index in [0.29, 0.717) is 23.7 Å². The summed E-state index contributed by atoms with van der Waals surface area (Å²) in [5, 5.41) is 5.81. The second kappa shape index (κ2) is 5.92. The molecule has 0 fully saturated rings. The molecule has 2 rings (SSSR count). The highest BCUT2D eigenvalue weighted by Crippen LogP contribution is 2.11. The number of hydrogen-bond acceptors (Lipinski definition) is 6. The first-order valence-electron chi connectivity index (χ1n) is 5.20. The van der Waals surface area contributed by atoms with Gasteiger partial charge in [-0.15, -0.1) is 11.3 Å². The third kappa shape index (κ3) is 3.14. The van der Waals surface area contributed by atoms with E-state index in [-0.39, 0.29) is 5.71 Å². The van der Waals surface area contributed by atoms with Gasteiger partial charge in [-0.05, 0) is 5.56 Å². The van der Waals surface area contributed by atoms with E-state index in [1.165, 1.54) is 11.3 Å². The number of carbonyl (C=O) groups excluding carboxylic acids is 1. The molecule has 92 valence electrons. The van der Waals surface area contributed by atoms with Gasteiger partial charge in [0.1, 0.15) is 12.3 Å². The minimum atomic E-state index is 0.138. The van der Waals surface area contributed by atoms with Crippen molar-refractivity contribution in [2.75, 3.05) is 5.73 Å². The molecule has 1 heterocycles. The summed E-state index contributed by atoms with van der Waals surface area (Å²) in [4.78, 5) is 19.9. The fourth-order valence-electron chi connectivity index (χ4n) is 1.28. The second-order valence-electron chi connectivity index (χ2n) is 3.42. The first-order chi connectivity index (χ1) is 8.79. The predicted molar refractivity (Wildman–Crippen MR) is 70.4 cm³/mol. The van der Waals surface area contributed by atoms with Crippen molar-refractivity contribution in [2.45, 2.75) is 6.61 Å². The maximum atomic E-state index is 10.9. The normalized spacial score (nSPS) is 11.2. The van der Waals surface area contributed by atoms with Crippen molar-refractivity contribution in [1.82, 2.24) is 4.98 Å². The fourth-order valence-corrected chi connectivity index (χ4v) is 1.84. The monoisotopic (exact) mass is 261 g/mol. The first-order valence-corrected chi connectivity index (χ1v) is 6.08. The van der Waals surface area contributed by atoms with Crippen molar-refractivity contribution in [3.05, 3.63) is 47.0 Å². The summed E-state index contributed by atoms with van der Waals surface area (Å²) in [6.45, 7) is 0.303. The molecule has 0 bridgehead atoms. The Hall–Kier alpha value is -2.21. The van der Waals surface area contributed by atoms with Gasteiger partial charge in [-0.3, -0.25) is 4.79 Å². The zero-order valence-corrected chi connectivity index (χ0v) is 10.3. The lowest BCUT2D eigenvalue weighted by atomic mass is 10.2. The molecule has 0 spiro atoms. The van der Waals surface area contributed by atoms with Crippen LogP contribution in [0.2, 0.25) is 0 Å². The third-order valence-electron chi connectivity index (χ3n) is 2.13. The summed E-state index contributed by atoms with van der Waals surface area (Å²) in [5.74, 6) is 0. The molecular formula is C12H11N3O2S. The Balaban J connectivity index is 2.01. The molecule has 0 atom stereocenters. The topological polar surface area (TPSA) is 77.6 Å². The number of nitrogens with zero attached hydrogens (tertiary/aromatic N) is 2. The van der Waals surface area contributed by atoms with E-state index in [4.69, 9.17) is 10.6 Å². The number of anilines is 1. The van der Waals surface area contributed by atoms with Gasteiger partial charge in [0, 0.05) is 5.38 Å². The molecule has 1 aromatic heterocycles. The van der Waals surface area contributed by atoms with Gasteiger partial charge < -0.3 is 10.6 Å². The summed E-state index contributed by atoms with van der Waals surface area (Å²) in [7, 11) is 0. The van der Waals surface area contributed by atoms with E-state index in [2.05, 4.69) is 10.1 Å². The summed E-state index contributed by atoms with van der Waals surface area (Å²) in [6.07, 6.45) is 0.597. The van der Waals surface area contributed by atoms with Crippen LogP contribution in [0.5, 0.6) is 0 Å². The molecule has 2 N–H and O–H groups in total. The molecule has 5 nitrogen and oxygen atoms in total. The van der Waals surface area contributed by atoms with Gasteiger partial charge in [0.25, 0.3) is 0 Å². The Kier molecular flexibility index (Phi) is 4.03. The van der Waals surface area contributed by atoms with Gasteiger partial charge in [0.15, 0.2) is 17.1 Å². The van der Waals surface area contributed by atoms with Gasteiger partial charge in [-0.25, -0.2) is 4.98 Å². The first kappa shape index (κ1) is 12.3. The van der Waals surface area contributed by atoms with Crippen LogP contribution < -0.4 is 5.73 Å². The van der Waals surface area contributed by atoms with Crippen LogP contribution in [0.25, 0.3) is 0 Å². The zero-order chi connectivity index (χ0) is 12.8. The highest BCUT2D eigenvalue weighted by atomic mass is 32.1. The molecule has 6 heteroatoms. The van der Waals surface area contributed by atoms with Crippen LogP contribution in [0.4, 0.5) is 5.13 Å². The van der Waals surface area contributed by atoms with Crippen LogP contribution >= 0.6 is 11.3 Å². The molecule has 0 radical (unpaired) electrons. The molecule has 18 heavy (non-hydrogen) atoms. The molecule has 1 aromatic carbocycles. The largest absolute Gasteiger partial charge is 0.390 e. The molecule has 2 aromatic rings. The predicted octanol–water partition coefficient (Wildman–Crippen LogP) is 1.85. The summed E-state index contributed by atoms with van der Waals surface area (Å²) in [5.41, 5.74) is 7.03. The van der Waals surface area contributed by atoms with Crippen LogP contribution in [0, 0.1) is 0 Å². The number of rotatable bonds is 5. The number of oxime groups is 1. The molecule has 0 aliphatic heterocycles. The summed E-state index contributed by atoms with van der Waals surface area (Å²) < 4.78 is 0. The maximum absolute atomic E-state index is 10.9. The quantitative estimate of drug-likeness (QED) is 0.506. The highest BCUT2D eigenvalue weighted by molar-refractivity contribution is 7.13. The van der Waals surface area contributed by atoms with Gasteiger partial charge in [-0.2, -0.15) is 0 Å². The van der Waals surface area contributed by atoms with Crippen molar-refractivity contribution >= 4 is 28.5 Å². The Morgan fingerprint density at radius 3 is 2.83 bits per heavy atom. The SMILES string of the molecule is Nc1nc(C(C=O)=NOCc2ccccc2)cs1. The minimum Gasteiger partial charge on any atom is -0.390 e. The lowest BCUT2D eigenvalue weighted by Crippen LogP contribution is -2.04. The number of aromatic nitrogens is 1. The lowest BCUT2D eigenvalue weighted by Gasteiger charge is -1.99. The van der Waals surface area contributed by atoms with Crippen LogP contribution in [0.3, 0.4) is 0 Å². The number of hydrogen-bond donors (Lipinski definition) is 1. The maximum Gasteiger partial charge on any atom is 0.180 e. The molecule has 0 aliphatic rings. The molecule has 0 amide bonds. The minimum absolute atomic E-state index is 0.138. The summed E-state index contributed by atoms with van der Waals surface area (Å²) >= 11 is 1.25. The van der Waals surface area contributed by atoms with E-state index in [9.17, 15) is 4.79 Å². The van der Waals surface area contributed by atoms with E-state index in [1.807, 2.05) is 30.3 Å². The average Bonchev–Trinajstić information content (AvgIpc) is 2.82. The van der Waals surface area contributed by atoms with E-state index in [1.54, 1.807) is 5.38 Å². The van der Waals surface area contributed by atoms with E-state index >= 15 is 0 Å². The van der Waals surface area contributed by atoms with Gasteiger partial charge in [0.05, 0.1) is 0 Å². The van der Waals surface area contributed by atoms with Crippen LogP contribution in [0.1, 0.15) is 11.3 Å². The van der Waals surface area contributed by atoms with E-state index in [0.717, 1.165) is 5.56 Å². The number of thiazole rings is 1. The summed E-state index contributed by atoms with van der Waals surface area (Å²) in [6, 6.07) is 9.56. The van der Waals surface area contributed by atoms with Crippen molar-refractivity contribution in [3.63, 3.8) is 0 Å². The van der Waals surface area contributed by atoms with Crippen molar-refractivity contribution < 1.29 is 9.63 Å². The van der Waals surface area contributed by atoms with Crippen molar-refractivity contribution in [1.29, 1.82) is 0 Å². The molecular weight excluding hydrogens is 250 g/mol. The second-order valence-corrected chi connectivity index (χ2v) is 4.31. The zero-order valence-electron chi connectivity index (χ0n) is 9.45. The standard InChI is InChI=1S/C12H11N3O2S/c13-12-14-11(8-18-12)10(6-16)15-17-7-9-4-2-1-3-5-9/h1-6,8H,7H2,(H2,13,14). The Morgan fingerprint density at radius 1 is 1.44 bits per heavy atom. The lowest BCUT2D eigenvalue weighted by molar-refractivity contribution is -0.102. The van der Waals surface area contributed by atoms with E-state index < -0.39 is 0 Å². The Bertz CT molecular complexity index is 551. The number of nitrogens with two attached hydrogens (primary N) is 1. The fraction of sp³-hybridized carbons (Fsp3) is 0.0833. The Labute approximate surface area is 108 Å². The molecule has 0 aliphatic carbocycles. The van der Waals surface area contributed by atoms with Gasteiger partial charge in [-0.1, -0.05) is 35.5 Å². The Morgan fingerprint density at radius 2 is 2.22 bits per heavy atom. The third-order valence-corrected chi connectivity index (χ3v) is 2.81. The number of carbonyl (C=O) groups is 1. The van der Waals surface area contributed by atoms with Gasteiger partial charge in [0.2, 0.25) is 0 Å². The average molecular weight is 261 g/mol. The van der Waals surface area contributed by atoms with Crippen LogP contribution in [-0.2, 0) is 16.2 Å². The van der Waals surface area contributed by atoms with Crippen molar-refractivity contribution in [3.8, 4) is 0 Å². The molecule has 0 saturated heterocycles. The van der Waals surface area contributed by atoms with Crippen LogP contribution in [0.15, 0.2) is 40.9 Å². The molecule has 0 unspecified atom stereocenters. The number of benzene rings is 1. The van der Waals surface area contributed by atoms with Crippen LogP contribution in [-0.4, -0.2) is 17.0 Å². The highest BCUT2D eigenvalue weighted by Gasteiger charge is 2.07. The van der Waals surface area contributed by atoms with Crippen molar-refractivity contribution in [2.24, 2.45) is 5.16 Å². The number of nitrogen functional groups attached to an aromatic ring is 1. The number of aldehydes is 1. The molecule has 0 saturated carbocycles. The van der Waals surface area contributed by atoms with Gasteiger partial charge >= 0.3 is 0 Å². The smallest absolute Gasteiger partial charge is 0.180 e.